The minimum Gasteiger partial charge on any atom is -0.493 e. The van der Waals surface area contributed by atoms with Gasteiger partial charge in [-0.15, -0.1) is 0 Å². The fourth-order valence-electron chi connectivity index (χ4n) is 3.92. The summed E-state index contributed by atoms with van der Waals surface area (Å²) in [4.78, 5) is 27.9. The molecule has 0 radical (unpaired) electrons. The van der Waals surface area contributed by atoms with Crippen molar-refractivity contribution in [3.8, 4) is 11.5 Å². The number of hydrogen-bond donors (Lipinski definition) is 1. The Labute approximate surface area is 237 Å². The molecule has 0 aliphatic carbocycles. The van der Waals surface area contributed by atoms with Gasteiger partial charge in [0.2, 0.25) is 11.8 Å². The van der Waals surface area contributed by atoms with Crippen LogP contribution in [0.1, 0.15) is 19.4 Å². The second kappa shape index (κ2) is 13.5. The summed E-state index contributed by atoms with van der Waals surface area (Å²) >= 11 is 3.40. The fourth-order valence-corrected chi connectivity index (χ4v) is 5.61. The molecule has 39 heavy (non-hydrogen) atoms. The molecule has 0 aliphatic rings. The molecule has 208 valence electrons. The third kappa shape index (κ3) is 7.30. The second-order valence-electron chi connectivity index (χ2n) is 8.58. The Morgan fingerprint density at radius 2 is 1.59 bits per heavy atom. The number of para-hydroxylation sites is 1. The minimum atomic E-state index is -4.23. The third-order valence-corrected chi connectivity index (χ3v) is 8.35. The largest absolute Gasteiger partial charge is 0.493 e. The van der Waals surface area contributed by atoms with Crippen LogP contribution in [0.3, 0.4) is 0 Å². The summed E-state index contributed by atoms with van der Waals surface area (Å²) in [6.45, 7) is 3.40. The molecule has 11 heteroatoms. The molecule has 0 bridgehead atoms. The highest BCUT2D eigenvalue weighted by atomic mass is 79.9. The number of halogens is 1. The Morgan fingerprint density at radius 3 is 2.18 bits per heavy atom. The summed E-state index contributed by atoms with van der Waals surface area (Å²) in [6.07, 6.45) is 0. The van der Waals surface area contributed by atoms with E-state index in [1.807, 2.05) is 24.3 Å². The Balaban J connectivity index is 2.03. The fraction of sp³-hybridized carbons (Fsp3) is 0.286. The predicted octanol–water partition coefficient (Wildman–Crippen LogP) is 4.22. The normalized spacial score (nSPS) is 11.8. The van der Waals surface area contributed by atoms with Gasteiger partial charge in [0.05, 0.1) is 24.8 Å². The Bertz CT molecular complexity index is 1380. The molecule has 0 aromatic heterocycles. The standard InChI is InChI=1S/C28H32BrN3O6S/c1-5-30-28(34)20(2)31(18-21-11-13-22(29)14-12-21)27(33)19-32(23-9-7-6-8-10-23)39(35,36)24-15-16-25(37-3)26(17-24)38-4/h6-17,20H,5,18-19H2,1-4H3,(H,30,34)/t20-/m0/s1. The highest BCUT2D eigenvalue weighted by Gasteiger charge is 2.32. The number of hydrogen-bond acceptors (Lipinski definition) is 6. The van der Waals surface area contributed by atoms with Gasteiger partial charge in [-0.1, -0.05) is 46.3 Å². The lowest BCUT2D eigenvalue weighted by Gasteiger charge is -2.32. The van der Waals surface area contributed by atoms with Gasteiger partial charge >= 0.3 is 0 Å². The molecule has 0 unspecified atom stereocenters. The molecule has 0 aliphatic heterocycles. The number of rotatable bonds is 12. The van der Waals surface area contributed by atoms with Crippen molar-refractivity contribution in [2.24, 2.45) is 0 Å². The van der Waals surface area contributed by atoms with Crippen LogP contribution in [-0.4, -0.2) is 58.5 Å². The van der Waals surface area contributed by atoms with Crippen LogP contribution in [0.4, 0.5) is 5.69 Å². The SMILES string of the molecule is CCNC(=O)[C@H](C)N(Cc1ccc(Br)cc1)C(=O)CN(c1ccccc1)S(=O)(=O)c1ccc(OC)c(OC)c1. The zero-order valence-corrected chi connectivity index (χ0v) is 24.7. The summed E-state index contributed by atoms with van der Waals surface area (Å²) in [7, 11) is -1.36. The van der Waals surface area contributed by atoms with E-state index in [0.717, 1.165) is 14.3 Å². The highest BCUT2D eigenvalue weighted by Crippen LogP contribution is 2.32. The molecule has 1 atom stereocenters. The number of carbonyl (C=O) groups excluding carboxylic acids is 2. The van der Waals surface area contributed by atoms with Gasteiger partial charge < -0.3 is 19.7 Å². The number of sulfonamides is 1. The van der Waals surface area contributed by atoms with E-state index in [1.165, 1.54) is 37.3 Å². The molecule has 0 fully saturated rings. The van der Waals surface area contributed by atoms with Crippen LogP contribution in [0.25, 0.3) is 0 Å². The summed E-state index contributed by atoms with van der Waals surface area (Å²) < 4.78 is 40.3. The zero-order chi connectivity index (χ0) is 28.6. The first-order chi connectivity index (χ1) is 18.6. The molecular formula is C28H32BrN3O6S. The van der Waals surface area contributed by atoms with Crippen molar-refractivity contribution in [3.05, 3.63) is 82.8 Å². The topological polar surface area (TPSA) is 105 Å². The van der Waals surface area contributed by atoms with E-state index in [1.54, 1.807) is 44.2 Å². The Kier molecular flexibility index (Phi) is 10.4. The van der Waals surface area contributed by atoms with Crippen molar-refractivity contribution < 1.29 is 27.5 Å². The molecule has 0 heterocycles. The lowest BCUT2D eigenvalue weighted by atomic mass is 10.1. The molecule has 0 spiro atoms. The maximum absolute atomic E-state index is 13.9. The molecule has 3 aromatic rings. The predicted molar refractivity (Wildman–Crippen MR) is 153 cm³/mol. The van der Waals surface area contributed by atoms with Crippen LogP contribution in [-0.2, 0) is 26.2 Å². The van der Waals surface area contributed by atoms with E-state index in [-0.39, 0.29) is 23.1 Å². The van der Waals surface area contributed by atoms with Crippen molar-refractivity contribution in [3.63, 3.8) is 0 Å². The van der Waals surface area contributed by atoms with Crippen LogP contribution in [0.2, 0.25) is 0 Å². The van der Waals surface area contributed by atoms with Gasteiger partial charge in [-0.05, 0) is 55.8 Å². The van der Waals surface area contributed by atoms with Gasteiger partial charge in [0.1, 0.15) is 12.6 Å². The van der Waals surface area contributed by atoms with Gasteiger partial charge in [0.15, 0.2) is 11.5 Å². The number of carbonyl (C=O) groups is 2. The van der Waals surface area contributed by atoms with Gasteiger partial charge in [-0.2, -0.15) is 0 Å². The van der Waals surface area contributed by atoms with Gasteiger partial charge in [-0.3, -0.25) is 13.9 Å². The van der Waals surface area contributed by atoms with E-state index >= 15 is 0 Å². The van der Waals surface area contributed by atoms with E-state index < -0.39 is 28.5 Å². The average Bonchev–Trinajstić information content (AvgIpc) is 2.95. The molecule has 1 N–H and O–H groups in total. The van der Waals surface area contributed by atoms with Crippen LogP contribution in [0.15, 0.2) is 82.2 Å². The number of amides is 2. The molecule has 0 saturated carbocycles. The number of anilines is 1. The lowest BCUT2D eigenvalue weighted by Crippen LogP contribution is -2.51. The molecule has 9 nitrogen and oxygen atoms in total. The lowest BCUT2D eigenvalue weighted by molar-refractivity contribution is -0.139. The highest BCUT2D eigenvalue weighted by molar-refractivity contribution is 9.10. The van der Waals surface area contributed by atoms with E-state index in [9.17, 15) is 18.0 Å². The maximum Gasteiger partial charge on any atom is 0.264 e. The summed E-state index contributed by atoms with van der Waals surface area (Å²) in [5, 5.41) is 2.74. The minimum absolute atomic E-state index is 0.0759. The van der Waals surface area contributed by atoms with Gasteiger partial charge in [-0.25, -0.2) is 8.42 Å². The van der Waals surface area contributed by atoms with Crippen molar-refractivity contribution >= 4 is 43.5 Å². The Hall–Kier alpha value is -3.57. The maximum atomic E-state index is 13.9. The molecule has 3 aromatic carbocycles. The van der Waals surface area contributed by atoms with Crippen LogP contribution < -0.4 is 19.1 Å². The van der Waals surface area contributed by atoms with Gasteiger partial charge in [0, 0.05) is 23.6 Å². The Morgan fingerprint density at radius 1 is 0.949 bits per heavy atom. The average molecular weight is 619 g/mol. The van der Waals surface area contributed by atoms with E-state index in [0.29, 0.717) is 18.0 Å². The summed E-state index contributed by atoms with van der Waals surface area (Å²) in [6, 6.07) is 19.1. The molecule has 0 saturated heterocycles. The van der Waals surface area contributed by atoms with Crippen molar-refractivity contribution in [2.75, 3.05) is 31.6 Å². The first-order valence-corrected chi connectivity index (χ1v) is 14.5. The number of methoxy groups -OCH3 is 2. The number of nitrogens with zero attached hydrogens (tertiary/aromatic N) is 2. The van der Waals surface area contributed by atoms with E-state index in [2.05, 4.69) is 21.2 Å². The molecule has 2 amide bonds. The summed E-state index contributed by atoms with van der Waals surface area (Å²) in [5.41, 5.74) is 1.09. The molecule has 3 rings (SSSR count). The zero-order valence-electron chi connectivity index (χ0n) is 22.3. The summed E-state index contributed by atoms with van der Waals surface area (Å²) in [5.74, 6) is -0.267. The number of nitrogens with one attached hydrogen (secondary N) is 1. The third-order valence-electron chi connectivity index (χ3n) is 6.05. The quantitative estimate of drug-likeness (QED) is 0.326. The monoisotopic (exact) mass is 617 g/mol. The van der Waals surface area contributed by atoms with Crippen LogP contribution >= 0.6 is 15.9 Å². The van der Waals surface area contributed by atoms with Crippen LogP contribution in [0.5, 0.6) is 11.5 Å². The van der Waals surface area contributed by atoms with E-state index in [4.69, 9.17) is 9.47 Å². The van der Waals surface area contributed by atoms with Crippen LogP contribution in [0, 0.1) is 0 Å². The number of benzene rings is 3. The first-order valence-electron chi connectivity index (χ1n) is 12.2. The second-order valence-corrected chi connectivity index (χ2v) is 11.4. The van der Waals surface area contributed by atoms with Crippen molar-refractivity contribution in [1.82, 2.24) is 10.2 Å². The smallest absolute Gasteiger partial charge is 0.264 e. The van der Waals surface area contributed by atoms with Crippen molar-refractivity contribution in [1.29, 1.82) is 0 Å². The van der Waals surface area contributed by atoms with Crippen molar-refractivity contribution in [2.45, 2.75) is 31.3 Å². The molecular weight excluding hydrogens is 586 g/mol. The number of ether oxygens (including phenoxy) is 2. The number of likely N-dealkylation sites (N-methyl/N-ethyl adjacent to an activating group) is 1. The van der Waals surface area contributed by atoms with Gasteiger partial charge in [0.25, 0.3) is 10.0 Å². The first kappa shape index (κ1) is 30.0.